The molecule has 0 aliphatic heterocycles. The molecule has 2 aromatic rings. The van der Waals surface area contributed by atoms with Crippen LogP contribution in [0.2, 0.25) is 0 Å². The second-order valence-corrected chi connectivity index (χ2v) is 3.61. The number of nitroso groups, excluding NO2 is 1. The normalized spacial score (nSPS) is 10.1. The number of carbonyl (C=O) groups is 1. The first kappa shape index (κ1) is 12.0. The highest BCUT2D eigenvalue weighted by molar-refractivity contribution is 5.91. The summed E-state index contributed by atoms with van der Waals surface area (Å²) >= 11 is 0. The molecule has 0 N–H and O–H groups in total. The van der Waals surface area contributed by atoms with Crippen molar-refractivity contribution in [1.29, 1.82) is 0 Å². The zero-order valence-corrected chi connectivity index (χ0v) is 9.87. The van der Waals surface area contributed by atoms with E-state index in [-0.39, 0.29) is 5.69 Å². The third-order valence-electron chi connectivity index (χ3n) is 2.47. The van der Waals surface area contributed by atoms with Crippen molar-refractivity contribution in [2.75, 3.05) is 6.61 Å². The predicted molar refractivity (Wildman–Crippen MR) is 67.2 cm³/mol. The van der Waals surface area contributed by atoms with E-state index in [2.05, 4.69) is 5.18 Å². The van der Waals surface area contributed by atoms with Gasteiger partial charge in [-0.3, -0.25) is 0 Å². The van der Waals surface area contributed by atoms with Gasteiger partial charge in [-0.05, 0) is 42.4 Å². The van der Waals surface area contributed by atoms with Crippen molar-refractivity contribution in [2.45, 2.75) is 6.92 Å². The second kappa shape index (κ2) is 5.27. The Hall–Kier alpha value is -2.43. The van der Waals surface area contributed by atoms with E-state index in [1.807, 2.05) is 12.1 Å². The first-order chi connectivity index (χ1) is 8.76. The van der Waals surface area contributed by atoms with Gasteiger partial charge in [-0.2, -0.15) is 0 Å². The Balaban J connectivity index is 2.41. The molecule has 5 nitrogen and oxygen atoms in total. The molecule has 5 heteroatoms. The van der Waals surface area contributed by atoms with E-state index in [4.69, 9.17) is 4.74 Å². The molecule has 1 heterocycles. The zero-order valence-electron chi connectivity index (χ0n) is 9.87. The van der Waals surface area contributed by atoms with Gasteiger partial charge < -0.3 is 9.30 Å². The lowest BCUT2D eigenvalue weighted by atomic mass is 10.1. The van der Waals surface area contributed by atoms with E-state index < -0.39 is 5.97 Å². The van der Waals surface area contributed by atoms with Crippen LogP contribution in [0, 0.1) is 4.91 Å². The molecular weight excluding hydrogens is 232 g/mol. The fourth-order valence-corrected chi connectivity index (χ4v) is 1.65. The van der Waals surface area contributed by atoms with Gasteiger partial charge >= 0.3 is 5.97 Å². The van der Waals surface area contributed by atoms with E-state index in [0.29, 0.717) is 17.9 Å². The molecule has 0 saturated heterocycles. The molecule has 2 rings (SSSR count). The summed E-state index contributed by atoms with van der Waals surface area (Å²) in [5.41, 5.74) is 1.15. The molecule has 0 unspecified atom stereocenters. The lowest BCUT2D eigenvalue weighted by Crippen LogP contribution is -2.04. The number of ether oxygens (including phenoxy) is 1. The minimum atomic E-state index is -0.457. The Kier molecular flexibility index (Phi) is 3.52. The van der Waals surface area contributed by atoms with Gasteiger partial charge in [-0.1, -0.05) is 0 Å². The maximum Gasteiger partial charge on any atom is 0.338 e. The quantitative estimate of drug-likeness (QED) is 0.613. The van der Waals surface area contributed by atoms with Crippen LogP contribution in [-0.4, -0.2) is 17.1 Å². The molecule has 0 spiro atoms. The van der Waals surface area contributed by atoms with Crippen molar-refractivity contribution in [1.82, 2.24) is 4.57 Å². The fraction of sp³-hybridized carbons (Fsp3) is 0.154. The van der Waals surface area contributed by atoms with Crippen LogP contribution < -0.4 is 0 Å². The van der Waals surface area contributed by atoms with E-state index in [0.717, 1.165) is 0 Å². The molecule has 0 amide bonds. The van der Waals surface area contributed by atoms with Gasteiger partial charge in [0.15, 0.2) is 0 Å². The zero-order chi connectivity index (χ0) is 13.0. The molecule has 1 aromatic heterocycles. The Morgan fingerprint density at radius 3 is 2.67 bits per heavy atom. The highest BCUT2D eigenvalue weighted by Gasteiger charge is 2.11. The van der Waals surface area contributed by atoms with Gasteiger partial charge in [0.05, 0.1) is 17.9 Å². The highest BCUT2D eigenvalue weighted by atomic mass is 16.5. The smallest absolute Gasteiger partial charge is 0.338 e. The van der Waals surface area contributed by atoms with Crippen molar-refractivity contribution < 1.29 is 9.53 Å². The van der Waals surface area contributed by atoms with E-state index in [1.165, 1.54) is 6.07 Å². The van der Waals surface area contributed by atoms with Crippen LogP contribution in [-0.2, 0) is 4.74 Å². The van der Waals surface area contributed by atoms with Crippen LogP contribution in [0.4, 0.5) is 5.69 Å². The summed E-state index contributed by atoms with van der Waals surface area (Å²) in [7, 11) is 0. The molecule has 0 aliphatic rings. The van der Waals surface area contributed by atoms with E-state index >= 15 is 0 Å². The molecule has 92 valence electrons. The first-order valence-electron chi connectivity index (χ1n) is 5.54. The van der Waals surface area contributed by atoms with Gasteiger partial charge in [0, 0.05) is 12.4 Å². The van der Waals surface area contributed by atoms with Crippen molar-refractivity contribution in [3.63, 3.8) is 0 Å². The lowest BCUT2D eigenvalue weighted by molar-refractivity contribution is 0.0526. The molecular formula is C13H12N2O3. The molecule has 1 aromatic carbocycles. The van der Waals surface area contributed by atoms with Gasteiger partial charge in [0.1, 0.15) is 5.69 Å². The topological polar surface area (TPSA) is 60.7 Å². The van der Waals surface area contributed by atoms with Gasteiger partial charge in [-0.25, -0.2) is 4.79 Å². The maximum atomic E-state index is 11.5. The summed E-state index contributed by atoms with van der Waals surface area (Å²) in [4.78, 5) is 22.4. The second-order valence-electron chi connectivity index (χ2n) is 3.61. The minimum Gasteiger partial charge on any atom is -0.462 e. The molecule has 0 saturated carbocycles. The summed E-state index contributed by atoms with van der Waals surface area (Å²) in [6, 6.07) is 8.40. The molecule has 0 radical (unpaired) electrons. The van der Waals surface area contributed by atoms with Crippen LogP contribution in [0.3, 0.4) is 0 Å². The highest BCUT2D eigenvalue weighted by Crippen LogP contribution is 2.25. The van der Waals surface area contributed by atoms with Crippen LogP contribution in [0.25, 0.3) is 5.69 Å². The summed E-state index contributed by atoms with van der Waals surface area (Å²) in [6.07, 6.45) is 3.60. The Bertz CT molecular complexity index is 562. The first-order valence-corrected chi connectivity index (χ1v) is 5.54. The van der Waals surface area contributed by atoms with Crippen LogP contribution in [0.15, 0.2) is 47.9 Å². The summed E-state index contributed by atoms with van der Waals surface area (Å²) in [5, 5.41) is 2.95. The number of nitrogens with zero attached hydrogens (tertiary/aromatic N) is 2. The van der Waals surface area contributed by atoms with Crippen LogP contribution in [0.5, 0.6) is 0 Å². The molecule has 18 heavy (non-hydrogen) atoms. The van der Waals surface area contributed by atoms with Crippen LogP contribution in [0.1, 0.15) is 17.3 Å². The number of aromatic nitrogens is 1. The van der Waals surface area contributed by atoms with Crippen molar-refractivity contribution in [3.8, 4) is 5.69 Å². The SMILES string of the molecule is CCOC(=O)c1ccc(-n2cccc2)c(N=O)c1. The van der Waals surface area contributed by atoms with Gasteiger partial charge in [0.25, 0.3) is 0 Å². The average Bonchev–Trinajstić information content (AvgIpc) is 2.92. The van der Waals surface area contributed by atoms with Crippen molar-refractivity contribution >= 4 is 11.7 Å². The number of rotatable bonds is 4. The summed E-state index contributed by atoms with van der Waals surface area (Å²) in [6.45, 7) is 2.02. The summed E-state index contributed by atoms with van der Waals surface area (Å²) in [5.74, 6) is -0.457. The largest absolute Gasteiger partial charge is 0.462 e. The Morgan fingerprint density at radius 1 is 1.33 bits per heavy atom. The third kappa shape index (κ3) is 2.29. The number of esters is 1. The molecule has 0 bridgehead atoms. The average molecular weight is 244 g/mol. The number of hydrogen-bond acceptors (Lipinski definition) is 4. The maximum absolute atomic E-state index is 11.5. The number of hydrogen-bond donors (Lipinski definition) is 0. The standard InChI is InChI=1S/C13H12N2O3/c1-2-18-13(16)10-5-6-12(11(9-10)14-17)15-7-3-4-8-15/h3-9H,2H2,1H3. The van der Waals surface area contributed by atoms with Gasteiger partial charge in [-0.15, -0.1) is 4.91 Å². The van der Waals surface area contributed by atoms with Crippen molar-refractivity contribution in [2.24, 2.45) is 5.18 Å². The third-order valence-corrected chi connectivity index (χ3v) is 2.47. The van der Waals surface area contributed by atoms with Crippen molar-refractivity contribution in [3.05, 3.63) is 53.2 Å². The number of carbonyl (C=O) groups excluding carboxylic acids is 1. The Morgan fingerprint density at radius 2 is 2.06 bits per heavy atom. The lowest BCUT2D eigenvalue weighted by Gasteiger charge is -2.07. The van der Waals surface area contributed by atoms with E-state index in [9.17, 15) is 9.70 Å². The van der Waals surface area contributed by atoms with Gasteiger partial charge in [0.2, 0.25) is 0 Å². The monoisotopic (exact) mass is 244 g/mol. The minimum absolute atomic E-state index is 0.205. The Labute approximate surface area is 104 Å². The van der Waals surface area contributed by atoms with Crippen LogP contribution >= 0.6 is 0 Å². The summed E-state index contributed by atoms with van der Waals surface area (Å²) < 4.78 is 6.62. The number of benzene rings is 1. The van der Waals surface area contributed by atoms with E-state index in [1.54, 1.807) is 36.0 Å². The predicted octanol–water partition coefficient (Wildman–Crippen LogP) is 3.05. The molecule has 0 aliphatic carbocycles. The molecule has 0 atom stereocenters. The fourth-order valence-electron chi connectivity index (χ4n) is 1.65. The molecule has 0 fully saturated rings.